The first-order chi connectivity index (χ1) is 8.53. The fourth-order valence-corrected chi connectivity index (χ4v) is 3.51. The summed E-state index contributed by atoms with van der Waals surface area (Å²) in [6.45, 7) is 8.34. The van der Waals surface area contributed by atoms with Gasteiger partial charge >= 0.3 is 0 Å². The average molecular weight is 256 g/mol. The molecule has 0 aliphatic carbocycles. The van der Waals surface area contributed by atoms with Gasteiger partial charge in [0.1, 0.15) is 0 Å². The van der Waals surface area contributed by atoms with Gasteiger partial charge in [0.25, 0.3) is 0 Å². The minimum absolute atomic E-state index is 0.214. The topological polar surface area (TPSA) is 58.7 Å². The molecule has 106 valence electrons. The van der Waals surface area contributed by atoms with Crippen LogP contribution in [-0.2, 0) is 4.74 Å². The highest BCUT2D eigenvalue weighted by Crippen LogP contribution is 2.44. The van der Waals surface area contributed by atoms with E-state index in [1.807, 2.05) is 0 Å². The van der Waals surface area contributed by atoms with Crippen molar-refractivity contribution in [2.75, 3.05) is 32.8 Å². The zero-order valence-corrected chi connectivity index (χ0v) is 11.8. The molecule has 0 spiro atoms. The molecule has 4 heteroatoms. The lowest BCUT2D eigenvalue weighted by Gasteiger charge is -2.52. The Morgan fingerprint density at radius 3 is 2.39 bits per heavy atom. The highest BCUT2D eigenvalue weighted by Gasteiger charge is 2.51. The molecule has 0 aromatic rings. The van der Waals surface area contributed by atoms with Gasteiger partial charge in [0.2, 0.25) is 0 Å². The first-order valence-electron chi connectivity index (χ1n) is 7.27. The minimum atomic E-state index is -0.631. The Labute approximate surface area is 110 Å². The molecule has 1 unspecified atom stereocenters. The van der Waals surface area contributed by atoms with E-state index in [0.29, 0.717) is 19.2 Å². The highest BCUT2D eigenvalue weighted by molar-refractivity contribution is 5.03. The zero-order valence-electron chi connectivity index (χ0n) is 11.8. The van der Waals surface area contributed by atoms with Gasteiger partial charge in [0, 0.05) is 37.7 Å². The second-order valence-electron chi connectivity index (χ2n) is 6.30. The summed E-state index contributed by atoms with van der Waals surface area (Å²) in [6.07, 6.45) is 3.67. The molecule has 2 aliphatic heterocycles. The summed E-state index contributed by atoms with van der Waals surface area (Å²) in [4.78, 5) is 2.43. The van der Waals surface area contributed by atoms with Crippen LogP contribution in [0.15, 0.2) is 0 Å². The number of hydrogen-bond acceptors (Lipinski definition) is 4. The van der Waals surface area contributed by atoms with Crippen LogP contribution in [0, 0.1) is 5.41 Å². The van der Waals surface area contributed by atoms with Crippen molar-refractivity contribution in [3.05, 3.63) is 0 Å². The highest BCUT2D eigenvalue weighted by atomic mass is 16.5. The Hall–Kier alpha value is -0.160. The maximum absolute atomic E-state index is 11.1. The van der Waals surface area contributed by atoms with Crippen molar-refractivity contribution in [2.45, 2.75) is 51.2 Å². The van der Waals surface area contributed by atoms with Crippen molar-refractivity contribution >= 4 is 0 Å². The lowest BCUT2D eigenvalue weighted by Crippen LogP contribution is -2.61. The number of piperidine rings is 1. The molecule has 2 aliphatic rings. The largest absolute Gasteiger partial charge is 0.389 e. The summed E-state index contributed by atoms with van der Waals surface area (Å²) in [5, 5.41) is 11.1. The predicted molar refractivity (Wildman–Crippen MR) is 72.4 cm³/mol. The molecule has 0 saturated carbocycles. The van der Waals surface area contributed by atoms with E-state index in [0.717, 1.165) is 45.4 Å². The van der Waals surface area contributed by atoms with E-state index in [1.54, 1.807) is 0 Å². The van der Waals surface area contributed by atoms with E-state index >= 15 is 0 Å². The van der Waals surface area contributed by atoms with Gasteiger partial charge in [0.05, 0.1) is 12.2 Å². The number of likely N-dealkylation sites (tertiary alicyclic amines) is 1. The number of ether oxygens (including phenoxy) is 1. The molecular weight excluding hydrogens is 228 g/mol. The lowest BCUT2D eigenvalue weighted by atomic mass is 9.64. The Bertz CT molecular complexity index is 267. The van der Waals surface area contributed by atoms with Gasteiger partial charge < -0.3 is 20.5 Å². The summed E-state index contributed by atoms with van der Waals surface area (Å²) in [7, 11) is 0. The van der Waals surface area contributed by atoms with Crippen molar-refractivity contribution in [3.8, 4) is 0 Å². The summed E-state index contributed by atoms with van der Waals surface area (Å²) < 4.78 is 5.62. The number of rotatable bonds is 3. The lowest BCUT2D eigenvalue weighted by molar-refractivity contribution is -0.167. The average Bonchev–Trinajstić information content (AvgIpc) is 2.40. The van der Waals surface area contributed by atoms with E-state index < -0.39 is 5.60 Å². The quantitative estimate of drug-likeness (QED) is 0.790. The van der Waals surface area contributed by atoms with Crippen LogP contribution in [0.2, 0.25) is 0 Å². The second-order valence-corrected chi connectivity index (χ2v) is 6.30. The van der Waals surface area contributed by atoms with E-state index in [4.69, 9.17) is 10.5 Å². The number of aliphatic hydroxyl groups is 1. The molecule has 18 heavy (non-hydrogen) atoms. The van der Waals surface area contributed by atoms with Crippen LogP contribution in [0.5, 0.6) is 0 Å². The Morgan fingerprint density at radius 1 is 1.28 bits per heavy atom. The molecule has 2 fully saturated rings. The number of nitrogens with zero attached hydrogens (tertiary/aromatic N) is 1. The van der Waals surface area contributed by atoms with Crippen LogP contribution in [0.1, 0.15) is 39.5 Å². The smallest absolute Gasteiger partial charge is 0.0762 e. The molecule has 2 heterocycles. The third-order valence-electron chi connectivity index (χ3n) is 5.06. The van der Waals surface area contributed by atoms with E-state index in [9.17, 15) is 5.11 Å². The molecule has 2 saturated heterocycles. The van der Waals surface area contributed by atoms with Gasteiger partial charge in [-0.3, -0.25) is 0 Å². The SMILES string of the molecule is CC(C)N1CCC(O)(C2(CN)CCCOC2)CC1. The maximum Gasteiger partial charge on any atom is 0.0762 e. The van der Waals surface area contributed by atoms with Crippen LogP contribution in [0.3, 0.4) is 0 Å². The zero-order chi connectivity index (χ0) is 13.2. The van der Waals surface area contributed by atoms with Gasteiger partial charge in [-0.25, -0.2) is 0 Å². The minimum Gasteiger partial charge on any atom is -0.389 e. The monoisotopic (exact) mass is 256 g/mol. The number of nitrogens with two attached hydrogens (primary N) is 1. The molecule has 0 aromatic carbocycles. The fraction of sp³-hybridized carbons (Fsp3) is 1.00. The van der Waals surface area contributed by atoms with Crippen LogP contribution >= 0.6 is 0 Å². The summed E-state index contributed by atoms with van der Waals surface area (Å²) in [5.74, 6) is 0. The molecule has 0 aromatic heterocycles. The van der Waals surface area contributed by atoms with E-state index in [2.05, 4.69) is 18.7 Å². The van der Waals surface area contributed by atoms with Crippen molar-refractivity contribution in [1.82, 2.24) is 4.90 Å². The molecular formula is C14H28N2O2. The van der Waals surface area contributed by atoms with Crippen molar-refractivity contribution < 1.29 is 9.84 Å². The third kappa shape index (κ3) is 2.44. The normalized spacial score (nSPS) is 33.8. The third-order valence-corrected chi connectivity index (χ3v) is 5.06. The molecule has 0 bridgehead atoms. The Morgan fingerprint density at radius 2 is 1.94 bits per heavy atom. The molecule has 1 atom stereocenters. The predicted octanol–water partition coefficient (Wildman–Crippen LogP) is 0.977. The second kappa shape index (κ2) is 5.45. The van der Waals surface area contributed by atoms with Gasteiger partial charge in [-0.2, -0.15) is 0 Å². The van der Waals surface area contributed by atoms with Gasteiger partial charge in [-0.05, 0) is 39.5 Å². The van der Waals surface area contributed by atoms with Gasteiger partial charge in [-0.1, -0.05) is 0 Å². The van der Waals surface area contributed by atoms with Crippen molar-refractivity contribution in [2.24, 2.45) is 11.1 Å². The first-order valence-corrected chi connectivity index (χ1v) is 7.27. The maximum atomic E-state index is 11.1. The fourth-order valence-electron chi connectivity index (χ4n) is 3.51. The summed E-state index contributed by atoms with van der Waals surface area (Å²) in [5.41, 5.74) is 5.15. The van der Waals surface area contributed by atoms with Crippen molar-refractivity contribution in [1.29, 1.82) is 0 Å². The van der Waals surface area contributed by atoms with E-state index in [-0.39, 0.29) is 5.41 Å². The van der Waals surface area contributed by atoms with Gasteiger partial charge in [0.15, 0.2) is 0 Å². The first kappa shape index (κ1) is 14.3. The molecule has 2 rings (SSSR count). The van der Waals surface area contributed by atoms with E-state index in [1.165, 1.54) is 0 Å². The van der Waals surface area contributed by atoms with Crippen LogP contribution < -0.4 is 5.73 Å². The molecule has 0 radical (unpaired) electrons. The standard InChI is InChI=1S/C14H28N2O2/c1-12(2)16-7-5-14(17,6-8-16)13(10-15)4-3-9-18-11-13/h12,17H,3-11,15H2,1-2H3. The summed E-state index contributed by atoms with van der Waals surface area (Å²) in [6, 6.07) is 0.561. The van der Waals surface area contributed by atoms with Crippen molar-refractivity contribution in [3.63, 3.8) is 0 Å². The number of hydrogen-bond donors (Lipinski definition) is 2. The molecule has 3 N–H and O–H groups in total. The molecule has 0 amide bonds. The Kier molecular flexibility index (Phi) is 4.32. The van der Waals surface area contributed by atoms with Gasteiger partial charge in [-0.15, -0.1) is 0 Å². The molecule has 4 nitrogen and oxygen atoms in total. The van der Waals surface area contributed by atoms with Crippen LogP contribution in [0.4, 0.5) is 0 Å². The van der Waals surface area contributed by atoms with Crippen LogP contribution in [0.25, 0.3) is 0 Å². The van der Waals surface area contributed by atoms with Crippen LogP contribution in [-0.4, -0.2) is 54.5 Å². The summed E-state index contributed by atoms with van der Waals surface area (Å²) >= 11 is 0. The Balaban J connectivity index is 2.06.